The molecule has 4 heteroatoms. The Balaban J connectivity index is 1.78. The lowest BCUT2D eigenvalue weighted by Gasteiger charge is -2.11. The summed E-state index contributed by atoms with van der Waals surface area (Å²) in [4.78, 5) is 12.4. The summed E-state index contributed by atoms with van der Waals surface area (Å²) in [5.74, 6) is 1.14. The summed E-state index contributed by atoms with van der Waals surface area (Å²) in [7, 11) is 3.15. The molecule has 0 unspecified atom stereocenters. The summed E-state index contributed by atoms with van der Waals surface area (Å²) >= 11 is 0. The number of methoxy groups -OCH3 is 2. The number of carbonyl (C=O) groups is 1. The minimum absolute atomic E-state index is 0.0708. The van der Waals surface area contributed by atoms with Crippen LogP contribution in [0.3, 0.4) is 0 Å². The lowest BCUT2D eigenvalue weighted by molar-refractivity contribution is -0.115. The third kappa shape index (κ3) is 3.33. The number of rotatable bonds is 5. The van der Waals surface area contributed by atoms with Crippen LogP contribution >= 0.6 is 0 Å². The van der Waals surface area contributed by atoms with E-state index in [1.165, 1.54) is 0 Å². The average Bonchev–Trinajstić information content (AvgIpc) is 2.62. The maximum absolute atomic E-state index is 12.4. The second-order valence-electron chi connectivity index (χ2n) is 5.43. The lowest BCUT2D eigenvalue weighted by atomic mass is 10.0. The van der Waals surface area contributed by atoms with Gasteiger partial charge in [-0.2, -0.15) is 0 Å². The molecule has 3 aromatic carbocycles. The first-order chi connectivity index (χ1) is 11.7. The van der Waals surface area contributed by atoms with Crippen LogP contribution in [0.1, 0.15) is 5.56 Å². The number of benzene rings is 3. The zero-order valence-electron chi connectivity index (χ0n) is 13.7. The Morgan fingerprint density at radius 3 is 2.46 bits per heavy atom. The van der Waals surface area contributed by atoms with Gasteiger partial charge in [0.05, 0.1) is 20.6 Å². The lowest BCUT2D eigenvalue weighted by Crippen LogP contribution is -2.14. The van der Waals surface area contributed by atoms with Crippen LogP contribution in [0, 0.1) is 0 Å². The fourth-order valence-electron chi connectivity index (χ4n) is 2.74. The highest BCUT2D eigenvalue weighted by Crippen LogP contribution is 2.29. The highest BCUT2D eigenvalue weighted by Gasteiger charge is 2.09. The Morgan fingerprint density at radius 2 is 1.67 bits per heavy atom. The standard InChI is InChI=1S/C20H19NO3/c1-23-18-11-10-16(13-19(18)24-2)21-20(22)12-15-8-5-7-14-6-3-4-9-17(14)15/h3-11,13H,12H2,1-2H3,(H,21,22). The molecule has 3 aromatic rings. The molecule has 24 heavy (non-hydrogen) atoms. The van der Waals surface area contributed by atoms with E-state index in [4.69, 9.17) is 9.47 Å². The highest BCUT2D eigenvalue weighted by atomic mass is 16.5. The Labute approximate surface area is 141 Å². The van der Waals surface area contributed by atoms with Crippen LogP contribution in [-0.2, 0) is 11.2 Å². The van der Waals surface area contributed by atoms with E-state index in [0.717, 1.165) is 16.3 Å². The molecule has 0 saturated heterocycles. The number of hydrogen-bond acceptors (Lipinski definition) is 3. The molecule has 0 spiro atoms. The SMILES string of the molecule is COc1ccc(NC(=O)Cc2cccc3ccccc23)cc1OC. The van der Waals surface area contributed by atoms with Crippen molar-refractivity contribution in [2.75, 3.05) is 19.5 Å². The van der Waals surface area contributed by atoms with Gasteiger partial charge in [-0.25, -0.2) is 0 Å². The van der Waals surface area contributed by atoms with Crippen molar-refractivity contribution in [2.45, 2.75) is 6.42 Å². The van der Waals surface area contributed by atoms with E-state index in [-0.39, 0.29) is 5.91 Å². The van der Waals surface area contributed by atoms with Gasteiger partial charge in [0.15, 0.2) is 11.5 Å². The van der Waals surface area contributed by atoms with E-state index in [2.05, 4.69) is 5.32 Å². The maximum Gasteiger partial charge on any atom is 0.228 e. The zero-order valence-corrected chi connectivity index (χ0v) is 13.7. The van der Waals surface area contributed by atoms with Gasteiger partial charge < -0.3 is 14.8 Å². The van der Waals surface area contributed by atoms with E-state index in [1.54, 1.807) is 32.4 Å². The summed E-state index contributed by atoms with van der Waals surface area (Å²) in [6.07, 6.45) is 0.315. The third-order valence-electron chi connectivity index (χ3n) is 3.90. The summed E-state index contributed by atoms with van der Waals surface area (Å²) in [5.41, 5.74) is 1.68. The molecule has 0 aliphatic rings. The van der Waals surface area contributed by atoms with Gasteiger partial charge in [0.1, 0.15) is 0 Å². The first kappa shape index (κ1) is 15.9. The smallest absolute Gasteiger partial charge is 0.228 e. The minimum Gasteiger partial charge on any atom is -0.493 e. The predicted molar refractivity (Wildman–Crippen MR) is 95.8 cm³/mol. The van der Waals surface area contributed by atoms with Crippen LogP contribution in [0.15, 0.2) is 60.7 Å². The normalized spacial score (nSPS) is 10.4. The Bertz CT molecular complexity index is 868. The van der Waals surface area contributed by atoms with Gasteiger partial charge in [0.25, 0.3) is 0 Å². The highest BCUT2D eigenvalue weighted by molar-refractivity contribution is 5.96. The van der Waals surface area contributed by atoms with Gasteiger partial charge in [0.2, 0.25) is 5.91 Å². The van der Waals surface area contributed by atoms with E-state index in [1.807, 2.05) is 42.5 Å². The van der Waals surface area contributed by atoms with Crippen molar-refractivity contribution in [1.82, 2.24) is 0 Å². The Hall–Kier alpha value is -3.01. The second kappa shape index (κ2) is 7.04. The summed E-state index contributed by atoms with van der Waals surface area (Å²) in [6.45, 7) is 0. The van der Waals surface area contributed by atoms with Crippen molar-refractivity contribution in [1.29, 1.82) is 0 Å². The van der Waals surface area contributed by atoms with Crippen LogP contribution in [0.2, 0.25) is 0 Å². The molecule has 0 atom stereocenters. The number of hydrogen-bond donors (Lipinski definition) is 1. The molecule has 0 aromatic heterocycles. The molecular weight excluding hydrogens is 302 g/mol. The molecular formula is C20H19NO3. The van der Waals surface area contributed by atoms with Crippen molar-refractivity contribution < 1.29 is 14.3 Å². The van der Waals surface area contributed by atoms with Crippen molar-refractivity contribution in [2.24, 2.45) is 0 Å². The fourth-order valence-corrected chi connectivity index (χ4v) is 2.74. The number of ether oxygens (including phenoxy) is 2. The van der Waals surface area contributed by atoms with E-state index in [9.17, 15) is 4.79 Å². The van der Waals surface area contributed by atoms with Crippen molar-refractivity contribution in [3.8, 4) is 11.5 Å². The quantitative estimate of drug-likeness (QED) is 0.771. The molecule has 0 heterocycles. The molecule has 3 rings (SSSR count). The van der Waals surface area contributed by atoms with Crippen molar-refractivity contribution in [3.05, 3.63) is 66.2 Å². The van der Waals surface area contributed by atoms with E-state index < -0.39 is 0 Å². The molecule has 0 fully saturated rings. The van der Waals surface area contributed by atoms with Crippen LogP contribution in [0.25, 0.3) is 10.8 Å². The number of anilines is 1. The van der Waals surface area contributed by atoms with Gasteiger partial charge >= 0.3 is 0 Å². The molecule has 0 saturated carbocycles. The minimum atomic E-state index is -0.0708. The monoisotopic (exact) mass is 321 g/mol. The Morgan fingerprint density at radius 1 is 0.917 bits per heavy atom. The largest absolute Gasteiger partial charge is 0.493 e. The maximum atomic E-state index is 12.4. The van der Waals surface area contributed by atoms with Crippen molar-refractivity contribution in [3.63, 3.8) is 0 Å². The molecule has 1 N–H and O–H groups in total. The fraction of sp³-hybridized carbons (Fsp3) is 0.150. The average molecular weight is 321 g/mol. The third-order valence-corrected chi connectivity index (χ3v) is 3.90. The first-order valence-electron chi connectivity index (χ1n) is 7.70. The molecule has 0 aliphatic heterocycles. The predicted octanol–water partition coefficient (Wildman–Crippen LogP) is 4.04. The van der Waals surface area contributed by atoms with Crippen LogP contribution in [0.5, 0.6) is 11.5 Å². The topological polar surface area (TPSA) is 47.6 Å². The van der Waals surface area contributed by atoms with E-state index in [0.29, 0.717) is 23.6 Å². The molecule has 4 nitrogen and oxygen atoms in total. The number of amides is 1. The molecule has 122 valence electrons. The first-order valence-corrected chi connectivity index (χ1v) is 7.70. The second-order valence-corrected chi connectivity index (χ2v) is 5.43. The summed E-state index contributed by atoms with van der Waals surface area (Å²) in [6, 6.07) is 19.4. The molecule has 1 amide bonds. The molecule has 0 radical (unpaired) electrons. The summed E-state index contributed by atoms with van der Waals surface area (Å²) < 4.78 is 10.5. The van der Waals surface area contributed by atoms with Crippen LogP contribution in [-0.4, -0.2) is 20.1 Å². The number of carbonyl (C=O) groups excluding carboxylic acids is 1. The van der Waals surface area contributed by atoms with Gasteiger partial charge in [-0.15, -0.1) is 0 Å². The van der Waals surface area contributed by atoms with Crippen LogP contribution in [0.4, 0.5) is 5.69 Å². The summed E-state index contributed by atoms with van der Waals surface area (Å²) in [5, 5.41) is 5.14. The van der Waals surface area contributed by atoms with Gasteiger partial charge in [-0.05, 0) is 28.5 Å². The van der Waals surface area contributed by atoms with Gasteiger partial charge in [0, 0.05) is 11.8 Å². The number of nitrogens with one attached hydrogen (secondary N) is 1. The molecule has 0 bridgehead atoms. The number of fused-ring (bicyclic) bond motifs is 1. The zero-order chi connectivity index (χ0) is 16.9. The van der Waals surface area contributed by atoms with Crippen molar-refractivity contribution >= 4 is 22.4 Å². The van der Waals surface area contributed by atoms with E-state index >= 15 is 0 Å². The molecule has 0 aliphatic carbocycles. The van der Waals surface area contributed by atoms with Crippen LogP contribution < -0.4 is 14.8 Å². The van der Waals surface area contributed by atoms with Gasteiger partial charge in [-0.1, -0.05) is 42.5 Å². The Kier molecular flexibility index (Phi) is 4.66. The van der Waals surface area contributed by atoms with Gasteiger partial charge in [-0.3, -0.25) is 4.79 Å².